The summed E-state index contributed by atoms with van der Waals surface area (Å²) in [6, 6.07) is 7.79. The van der Waals surface area contributed by atoms with Crippen molar-refractivity contribution in [2.24, 2.45) is 0 Å². The van der Waals surface area contributed by atoms with E-state index < -0.39 is 0 Å². The maximum absolute atomic E-state index is 5.54. The second-order valence-corrected chi connectivity index (χ2v) is 3.15. The molecule has 66 valence electrons. The predicted octanol–water partition coefficient (Wildman–Crippen LogP) is 3.20. The Bertz CT molecular complexity index is 250. The summed E-state index contributed by atoms with van der Waals surface area (Å²) in [5.41, 5.74) is 0.950. The summed E-state index contributed by atoms with van der Waals surface area (Å²) < 4.78 is 8.43. The second kappa shape index (κ2) is 4.36. The monoisotopic (exact) mass is 229 g/mol. The van der Waals surface area contributed by atoms with Crippen molar-refractivity contribution in [3.05, 3.63) is 24.3 Å². The van der Waals surface area contributed by atoms with Crippen LogP contribution in [0.5, 0.6) is 5.75 Å². The molecule has 0 fully saturated rings. The molecular weight excluding hydrogens is 218 g/mol. The average Bonchev–Trinajstić information content (AvgIpc) is 2.04. The third kappa shape index (κ3) is 2.41. The molecule has 0 spiro atoms. The molecule has 0 saturated heterocycles. The molecule has 0 heterocycles. The molecule has 12 heavy (non-hydrogen) atoms. The normalized spacial score (nSPS) is 10.0. The van der Waals surface area contributed by atoms with Crippen LogP contribution in [0.1, 0.15) is 13.8 Å². The average molecular weight is 230 g/mol. The van der Waals surface area contributed by atoms with Gasteiger partial charge in [-0.1, -0.05) is 12.1 Å². The van der Waals surface area contributed by atoms with E-state index in [2.05, 4.69) is 20.5 Å². The molecule has 0 unspecified atom stereocenters. The minimum atomic E-state index is 0.201. The van der Waals surface area contributed by atoms with E-state index in [-0.39, 0.29) is 6.10 Å². The van der Waals surface area contributed by atoms with Crippen LogP contribution in [0, 0.1) is 0 Å². The molecule has 0 radical (unpaired) electrons. The van der Waals surface area contributed by atoms with Crippen LogP contribution >= 0.6 is 16.1 Å². The van der Waals surface area contributed by atoms with Crippen molar-refractivity contribution in [2.75, 3.05) is 4.34 Å². The third-order valence-electron chi connectivity index (χ3n) is 1.35. The topological polar surface area (TPSA) is 21.3 Å². The number of halogens is 1. The first-order valence-corrected chi connectivity index (χ1v) is 4.65. The van der Waals surface area contributed by atoms with E-state index in [0.717, 1.165) is 11.4 Å². The van der Waals surface area contributed by atoms with Crippen LogP contribution in [0.2, 0.25) is 0 Å². The molecule has 0 aliphatic carbocycles. The van der Waals surface area contributed by atoms with Crippen LogP contribution in [0.3, 0.4) is 0 Å². The molecule has 1 aromatic rings. The molecule has 0 aromatic heterocycles. The van der Waals surface area contributed by atoms with E-state index in [1.54, 1.807) is 0 Å². The molecule has 2 nitrogen and oxygen atoms in total. The Morgan fingerprint density at radius 1 is 1.33 bits per heavy atom. The lowest BCUT2D eigenvalue weighted by molar-refractivity contribution is 0.244. The van der Waals surface area contributed by atoms with Crippen molar-refractivity contribution in [1.82, 2.24) is 0 Å². The second-order valence-electron chi connectivity index (χ2n) is 2.76. The molecule has 0 amide bonds. The third-order valence-corrected chi connectivity index (χ3v) is 1.78. The summed E-state index contributed by atoms with van der Waals surface area (Å²) in [5, 5.41) is 0. The predicted molar refractivity (Wildman–Crippen MR) is 54.8 cm³/mol. The highest BCUT2D eigenvalue weighted by atomic mass is 79.9. The van der Waals surface area contributed by atoms with E-state index in [0.29, 0.717) is 0 Å². The Morgan fingerprint density at radius 3 is 2.58 bits per heavy atom. The molecule has 0 atom stereocenters. The van der Waals surface area contributed by atoms with E-state index in [1.807, 2.05) is 38.1 Å². The first-order valence-electron chi connectivity index (χ1n) is 3.86. The highest BCUT2D eigenvalue weighted by Gasteiger charge is 2.02. The number of hydrogen-bond acceptors (Lipinski definition) is 2. The van der Waals surface area contributed by atoms with E-state index in [1.165, 1.54) is 0 Å². The standard InChI is InChI=1S/C9H12BrNO/c1-7(2)12-9-6-4-3-5-8(9)11-10/h3-7,11H,1-2H3. The molecule has 0 saturated carbocycles. The van der Waals surface area contributed by atoms with Gasteiger partial charge in [-0.25, -0.2) is 0 Å². The first-order chi connectivity index (χ1) is 5.74. The zero-order valence-corrected chi connectivity index (χ0v) is 8.76. The number of para-hydroxylation sites is 2. The van der Waals surface area contributed by atoms with Crippen LogP contribution in [-0.2, 0) is 0 Å². The van der Waals surface area contributed by atoms with Crippen LogP contribution in [0.15, 0.2) is 24.3 Å². The van der Waals surface area contributed by atoms with Gasteiger partial charge < -0.3 is 9.08 Å². The van der Waals surface area contributed by atoms with E-state index in [9.17, 15) is 0 Å². The maximum Gasteiger partial charge on any atom is 0.143 e. The Balaban J connectivity index is 2.82. The number of nitrogens with one attached hydrogen (secondary N) is 1. The molecule has 0 aliphatic rings. The van der Waals surface area contributed by atoms with Gasteiger partial charge in [0.15, 0.2) is 0 Å². The molecule has 0 aliphatic heterocycles. The summed E-state index contributed by atoms with van der Waals surface area (Å²) >= 11 is 3.17. The smallest absolute Gasteiger partial charge is 0.143 e. The number of benzene rings is 1. The van der Waals surface area contributed by atoms with Gasteiger partial charge in [-0.05, 0) is 26.0 Å². The van der Waals surface area contributed by atoms with E-state index in [4.69, 9.17) is 4.74 Å². The quantitative estimate of drug-likeness (QED) is 0.805. The Kier molecular flexibility index (Phi) is 3.41. The van der Waals surface area contributed by atoms with Crippen LogP contribution in [0.25, 0.3) is 0 Å². The molecule has 0 bridgehead atoms. The van der Waals surface area contributed by atoms with E-state index >= 15 is 0 Å². The Morgan fingerprint density at radius 2 is 2.00 bits per heavy atom. The fourth-order valence-corrected chi connectivity index (χ4v) is 1.23. The fraction of sp³-hybridized carbons (Fsp3) is 0.333. The zero-order chi connectivity index (χ0) is 8.97. The minimum absolute atomic E-state index is 0.201. The van der Waals surface area contributed by atoms with Gasteiger partial charge in [-0.2, -0.15) is 0 Å². The highest BCUT2D eigenvalue weighted by Crippen LogP contribution is 2.25. The van der Waals surface area contributed by atoms with Crippen molar-refractivity contribution < 1.29 is 4.74 Å². The van der Waals surface area contributed by atoms with Crippen molar-refractivity contribution >= 4 is 21.8 Å². The Labute approximate surface area is 81.3 Å². The van der Waals surface area contributed by atoms with Crippen LogP contribution in [-0.4, -0.2) is 6.10 Å². The van der Waals surface area contributed by atoms with Crippen molar-refractivity contribution in [3.63, 3.8) is 0 Å². The van der Waals surface area contributed by atoms with Crippen LogP contribution in [0.4, 0.5) is 5.69 Å². The lowest BCUT2D eigenvalue weighted by atomic mass is 10.3. The molecular formula is C9H12BrNO. The highest BCUT2D eigenvalue weighted by molar-refractivity contribution is 9.10. The van der Waals surface area contributed by atoms with Crippen LogP contribution < -0.4 is 9.08 Å². The lowest BCUT2D eigenvalue weighted by Gasteiger charge is -2.12. The summed E-state index contributed by atoms with van der Waals surface area (Å²) in [6.45, 7) is 4.01. The summed E-state index contributed by atoms with van der Waals surface area (Å²) in [5.74, 6) is 0.865. The number of rotatable bonds is 3. The molecule has 1 N–H and O–H groups in total. The van der Waals surface area contributed by atoms with Gasteiger partial charge in [0.2, 0.25) is 0 Å². The molecule has 1 aromatic carbocycles. The van der Waals surface area contributed by atoms with Crippen molar-refractivity contribution in [2.45, 2.75) is 20.0 Å². The van der Waals surface area contributed by atoms with Gasteiger partial charge in [-0.3, -0.25) is 0 Å². The van der Waals surface area contributed by atoms with Gasteiger partial charge in [0.25, 0.3) is 0 Å². The van der Waals surface area contributed by atoms with Gasteiger partial charge >= 0.3 is 0 Å². The molecule has 1 rings (SSSR count). The van der Waals surface area contributed by atoms with Gasteiger partial charge in [-0.15, -0.1) is 0 Å². The summed E-state index contributed by atoms with van der Waals surface area (Å²) in [4.78, 5) is 0. The van der Waals surface area contributed by atoms with Gasteiger partial charge in [0, 0.05) is 16.1 Å². The van der Waals surface area contributed by atoms with Crippen molar-refractivity contribution in [3.8, 4) is 5.75 Å². The largest absolute Gasteiger partial charge is 0.489 e. The van der Waals surface area contributed by atoms with Crippen molar-refractivity contribution in [1.29, 1.82) is 0 Å². The fourth-order valence-electron chi connectivity index (χ4n) is 0.901. The summed E-state index contributed by atoms with van der Waals surface area (Å²) in [6.07, 6.45) is 0.201. The zero-order valence-electron chi connectivity index (χ0n) is 7.17. The number of ether oxygens (including phenoxy) is 1. The molecule has 3 heteroatoms. The Hall–Kier alpha value is -0.700. The maximum atomic E-state index is 5.54. The SMILES string of the molecule is CC(C)Oc1ccccc1NBr. The number of anilines is 1. The summed E-state index contributed by atoms with van der Waals surface area (Å²) in [7, 11) is 0. The first kappa shape index (κ1) is 9.39. The lowest BCUT2D eigenvalue weighted by Crippen LogP contribution is -2.06. The van der Waals surface area contributed by atoms with Gasteiger partial charge in [0.05, 0.1) is 11.8 Å². The van der Waals surface area contributed by atoms with Gasteiger partial charge in [0.1, 0.15) is 5.75 Å². The number of hydrogen-bond donors (Lipinski definition) is 1. The minimum Gasteiger partial charge on any atom is -0.489 e.